The molecule has 1 unspecified atom stereocenters. The van der Waals surface area contributed by atoms with Crippen LogP contribution in [-0.2, 0) is 0 Å². The topological polar surface area (TPSA) is 67.6 Å². The number of non-ortho nitro benzene ring substituents is 1. The second-order valence-electron chi connectivity index (χ2n) is 5.22. The van der Waals surface area contributed by atoms with Gasteiger partial charge in [0.15, 0.2) is 0 Å². The highest BCUT2D eigenvalue weighted by Gasteiger charge is 2.18. The number of nitro benzene ring substituents is 1. The van der Waals surface area contributed by atoms with E-state index in [-0.39, 0.29) is 5.69 Å². The van der Waals surface area contributed by atoms with Crippen molar-refractivity contribution in [2.24, 2.45) is 5.92 Å². The summed E-state index contributed by atoms with van der Waals surface area (Å²) in [5.74, 6) is 1.40. The maximum atomic E-state index is 10.5. The molecule has 0 amide bonds. The van der Waals surface area contributed by atoms with E-state index < -0.39 is 4.92 Å². The molecule has 0 aliphatic carbocycles. The van der Waals surface area contributed by atoms with E-state index in [0.717, 1.165) is 25.6 Å². The van der Waals surface area contributed by atoms with Crippen LogP contribution in [0.5, 0.6) is 5.75 Å². The van der Waals surface area contributed by atoms with E-state index in [2.05, 4.69) is 17.3 Å². The van der Waals surface area contributed by atoms with Gasteiger partial charge < -0.3 is 15.0 Å². The summed E-state index contributed by atoms with van der Waals surface area (Å²) in [5, 5.41) is 13.9. The highest BCUT2D eigenvalue weighted by molar-refractivity contribution is 5.35. The maximum Gasteiger partial charge on any atom is 0.269 e. The van der Waals surface area contributed by atoms with E-state index in [1.54, 1.807) is 12.1 Å². The zero-order chi connectivity index (χ0) is 14.4. The fourth-order valence-electron chi connectivity index (χ4n) is 2.40. The Morgan fingerprint density at radius 3 is 2.80 bits per heavy atom. The summed E-state index contributed by atoms with van der Waals surface area (Å²) < 4.78 is 5.53. The van der Waals surface area contributed by atoms with Gasteiger partial charge >= 0.3 is 0 Å². The van der Waals surface area contributed by atoms with Crippen molar-refractivity contribution in [2.75, 3.05) is 39.8 Å². The van der Waals surface area contributed by atoms with Crippen molar-refractivity contribution in [3.05, 3.63) is 34.4 Å². The molecule has 1 N–H and O–H groups in total. The van der Waals surface area contributed by atoms with E-state index in [9.17, 15) is 10.1 Å². The smallest absolute Gasteiger partial charge is 0.269 e. The summed E-state index contributed by atoms with van der Waals surface area (Å²) in [5.41, 5.74) is 0.0841. The molecule has 6 heteroatoms. The fourth-order valence-corrected chi connectivity index (χ4v) is 2.40. The summed E-state index contributed by atoms with van der Waals surface area (Å²) in [4.78, 5) is 12.4. The lowest BCUT2D eigenvalue weighted by molar-refractivity contribution is -0.384. The van der Waals surface area contributed by atoms with Crippen LogP contribution in [-0.4, -0.2) is 49.7 Å². The third-order valence-electron chi connectivity index (χ3n) is 3.52. The van der Waals surface area contributed by atoms with Crippen LogP contribution >= 0.6 is 0 Å². The van der Waals surface area contributed by atoms with Crippen LogP contribution in [0.4, 0.5) is 5.69 Å². The molecule has 1 aromatic carbocycles. The third kappa shape index (κ3) is 4.47. The molecule has 1 atom stereocenters. The normalized spacial score (nSPS) is 19.1. The predicted octanol–water partition coefficient (Wildman–Crippen LogP) is 1.51. The minimum absolute atomic E-state index is 0.0841. The summed E-state index contributed by atoms with van der Waals surface area (Å²) >= 11 is 0. The van der Waals surface area contributed by atoms with Crippen molar-refractivity contribution in [1.29, 1.82) is 0 Å². The van der Waals surface area contributed by atoms with Gasteiger partial charge in [-0.15, -0.1) is 0 Å². The Bertz CT molecular complexity index is 436. The average Bonchev–Trinajstić information content (AvgIpc) is 2.84. The number of benzene rings is 1. The monoisotopic (exact) mass is 279 g/mol. The first kappa shape index (κ1) is 14.7. The number of nitrogens with zero attached hydrogens (tertiary/aromatic N) is 2. The van der Waals surface area contributed by atoms with Crippen LogP contribution in [0, 0.1) is 16.0 Å². The highest BCUT2D eigenvalue weighted by Crippen LogP contribution is 2.17. The van der Waals surface area contributed by atoms with Crippen molar-refractivity contribution in [2.45, 2.75) is 6.42 Å². The van der Waals surface area contributed by atoms with Crippen molar-refractivity contribution < 1.29 is 9.66 Å². The molecule has 0 aromatic heterocycles. The molecular weight excluding hydrogens is 258 g/mol. The number of rotatable bonds is 7. The van der Waals surface area contributed by atoms with Crippen molar-refractivity contribution in [3.8, 4) is 5.75 Å². The molecule has 1 aliphatic rings. The molecule has 0 radical (unpaired) electrons. The standard InChI is InChI=1S/C14H21N3O3/c1-16-8-6-12(11-16)10-15-7-9-20-14-4-2-13(3-5-14)17(18)19/h2-5,12,15H,6-11H2,1H3. The van der Waals surface area contributed by atoms with Gasteiger partial charge in [-0.1, -0.05) is 0 Å². The van der Waals surface area contributed by atoms with Crippen molar-refractivity contribution >= 4 is 5.69 Å². The van der Waals surface area contributed by atoms with E-state index in [4.69, 9.17) is 4.74 Å². The first-order chi connectivity index (χ1) is 9.65. The molecule has 110 valence electrons. The van der Waals surface area contributed by atoms with E-state index >= 15 is 0 Å². The molecule has 1 aliphatic heterocycles. The highest BCUT2D eigenvalue weighted by atomic mass is 16.6. The summed E-state index contributed by atoms with van der Waals surface area (Å²) in [7, 11) is 2.15. The van der Waals surface area contributed by atoms with Crippen LogP contribution < -0.4 is 10.1 Å². The minimum Gasteiger partial charge on any atom is -0.492 e. The first-order valence-corrected chi connectivity index (χ1v) is 6.91. The van der Waals surface area contributed by atoms with Gasteiger partial charge in [0.25, 0.3) is 5.69 Å². The van der Waals surface area contributed by atoms with Gasteiger partial charge in [0.1, 0.15) is 12.4 Å². The van der Waals surface area contributed by atoms with Gasteiger partial charge in [-0.05, 0) is 44.6 Å². The van der Waals surface area contributed by atoms with Crippen LogP contribution in [0.3, 0.4) is 0 Å². The zero-order valence-corrected chi connectivity index (χ0v) is 11.7. The molecule has 1 saturated heterocycles. The Morgan fingerprint density at radius 2 is 2.20 bits per heavy atom. The molecule has 0 spiro atoms. The second kappa shape index (κ2) is 7.21. The molecular formula is C14H21N3O3. The van der Waals surface area contributed by atoms with E-state index in [1.807, 2.05) is 0 Å². The van der Waals surface area contributed by atoms with E-state index in [1.165, 1.54) is 25.1 Å². The lowest BCUT2D eigenvalue weighted by Crippen LogP contribution is -2.28. The van der Waals surface area contributed by atoms with Gasteiger partial charge in [-0.3, -0.25) is 10.1 Å². The van der Waals surface area contributed by atoms with Crippen LogP contribution in [0.15, 0.2) is 24.3 Å². The molecule has 1 heterocycles. The molecule has 0 saturated carbocycles. The van der Waals surface area contributed by atoms with Crippen LogP contribution in [0.2, 0.25) is 0 Å². The maximum absolute atomic E-state index is 10.5. The lowest BCUT2D eigenvalue weighted by atomic mass is 10.1. The zero-order valence-electron chi connectivity index (χ0n) is 11.7. The van der Waals surface area contributed by atoms with Gasteiger partial charge in [-0.25, -0.2) is 0 Å². The Balaban J connectivity index is 1.60. The van der Waals surface area contributed by atoms with Gasteiger partial charge in [0.2, 0.25) is 0 Å². The number of hydrogen-bond donors (Lipinski definition) is 1. The summed E-state index contributed by atoms with van der Waals surface area (Å²) in [6.07, 6.45) is 1.26. The molecule has 6 nitrogen and oxygen atoms in total. The third-order valence-corrected chi connectivity index (χ3v) is 3.52. The molecule has 1 fully saturated rings. The summed E-state index contributed by atoms with van der Waals surface area (Å²) in [6, 6.07) is 6.17. The Hall–Kier alpha value is -1.66. The quantitative estimate of drug-likeness (QED) is 0.465. The number of nitrogens with one attached hydrogen (secondary N) is 1. The average molecular weight is 279 g/mol. The second-order valence-corrected chi connectivity index (χ2v) is 5.22. The van der Waals surface area contributed by atoms with Crippen molar-refractivity contribution in [3.63, 3.8) is 0 Å². The van der Waals surface area contributed by atoms with Gasteiger partial charge in [0.05, 0.1) is 4.92 Å². The van der Waals surface area contributed by atoms with E-state index in [0.29, 0.717) is 12.4 Å². The predicted molar refractivity (Wildman–Crippen MR) is 77.1 cm³/mol. The first-order valence-electron chi connectivity index (χ1n) is 6.91. The van der Waals surface area contributed by atoms with Crippen LogP contribution in [0.1, 0.15) is 6.42 Å². The lowest BCUT2D eigenvalue weighted by Gasteiger charge is -2.12. The minimum atomic E-state index is -0.413. The summed E-state index contributed by atoms with van der Waals surface area (Å²) in [6.45, 7) is 4.73. The molecule has 0 bridgehead atoms. The fraction of sp³-hybridized carbons (Fsp3) is 0.571. The van der Waals surface area contributed by atoms with Gasteiger partial charge in [-0.2, -0.15) is 0 Å². The number of likely N-dealkylation sites (tertiary alicyclic amines) is 1. The van der Waals surface area contributed by atoms with Gasteiger partial charge in [0, 0.05) is 25.2 Å². The molecule has 1 aromatic rings. The number of ether oxygens (including phenoxy) is 1. The van der Waals surface area contributed by atoms with Crippen LogP contribution in [0.25, 0.3) is 0 Å². The van der Waals surface area contributed by atoms with Crippen molar-refractivity contribution in [1.82, 2.24) is 10.2 Å². The Kier molecular flexibility index (Phi) is 5.31. The Morgan fingerprint density at radius 1 is 1.45 bits per heavy atom. The number of nitro groups is 1. The number of hydrogen-bond acceptors (Lipinski definition) is 5. The molecule has 20 heavy (non-hydrogen) atoms. The molecule has 2 rings (SSSR count). The Labute approximate surface area is 118 Å². The SMILES string of the molecule is CN1CCC(CNCCOc2ccc([N+](=O)[O-])cc2)C1. The largest absolute Gasteiger partial charge is 0.492 e.